The maximum atomic E-state index is 12.6. The van der Waals surface area contributed by atoms with E-state index in [1.54, 1.807) is 13.8 Å². The van der Waals surface area contributed by atoms with Gasteiger partial charge in [0.05, 0.1) is 21.3 Å². The van der Waals surface area contributed by atoms with Gasteiger partial charge in [0, 0.05) is 23.7 Å². The average Bonchev–Trinajstić information content (AvgIpc) is 2.82. The molecule has 33 heavy (non-hydrogen) atoms. The monoisotopic (exact) mass is 494 g/mol. The summed E-state index contributed by atoms with van der Waals surface area (Å²) in [5.74, 6) is -0.778. The Morgan fingerprint density at radius 1 is 0.727 bits per heavy atom. The Balaban J connectivity index is 2.01. The van der Waals surface area contributed by atoms with Crippen LogP contribution in [0.15, 0.2) is 58.3 Å². The van der Waals surface area contributed by atoms with Gasteiger partial charge in [-0.3, -0.25) is 9.59 Å². The van der Waals surface area contributed by atoms with Crippen molar-refractivity contribution in [3.05, 3.63) is 59.7 Å². The second-order valence-corrected chi connectivity index (χ2v) is 12.1. The maximum absolute atomic E-state index is 12.6. The molecular formula is C23H30N2O6S2. The van der Waals surface area contributed by atoms with Gasteiger partial charge in [-0.2, -0.15) is 0 Å². The summed E-state index contributed by atoms with van der Waals surface area (Å²) in [5.41, 5.74) is 0.643. The molecule has 0 aliphatic heterocycles. The van der Waals surface area contributed by atoms with Crippen LogP contribution in [0.25, 0.3) is 0 Å². The van der Waals surface area contributed by atoms with E-state index in [1.807, 2.05) is 6.92 Å². The van der Waals surface area contributed by atoms with E-state index >= 15 is 0 Å². The van der Waals surface area contributed by atoms with E-state index in [1.165, 1.54) is 48.5 Å². The van der Waals surface area contributed by atoms with Crippen molar-refractivity contribution < 1.29 is 26.4 Å². The van der Waals surface area contributed by atoms with E-state index in [0.717, 1.165) is 6.42 Å². The van der Waals surface area contributed by atoms with Crippen molar-refractivity contribution in [2.24, 2.45) is 0 Å². The lowest BCUT2D eigenvalue weighted by Gasteiger charge is -2.19. The summed E-state index contributed by atoms with van der Waals surface area (Å²) in [4.78, 5) is 25.4. The van der Waals surface area contributed by atoms with Gasteiger partial charge >= 0.3 is 0 Å². The van der Waals surface area contributed by atoms with Crippen molar-refractivity contribution >= 4 is 31.5 Å². The van der Waals surface area contributed by atoms with E-state index in [0.29, 0.717) is 17.5 Å². The van der Waals surface area contributed by atoms with Gasteiger partial charge in [0.1, 0.15) is 0 Å². The van der Waals surface area contributed by atoms with Crippen LogP contribution in [0, 0.1) is 0 Å². The summed E-state index contributed by atoms with van der Waals surface area (Å²) in [6.07, 6.45) is 1.40. The lowest BCUT2D eigenvalue weighted by Crippen LogP contribution is -2.43. The maximum Gasteiger partial charge on any atom is 0.251 e. The Labute approximate surface area is 195 Å². The van der Waals surface area contributed by atoms with Gasteiger partial charge in [-0.15, -0.1) is 0 Å². The van der Waals surface area contributed by atoms with Crippen LogP contribution in [-0.2, 0) is 19.7 Å². The van der Waals surface area contributed by atoms with Gasteiger partial charge in [-0.1, -0.05) is 27.2 Å². The SMILES string of the molecule is CCCC(CNC(=O)c1ccc(S(=O)(=O)CC)cc1)NC(=O)c1ccc(S(=O)(=O)CC)cc1. The summed E-state index contributed by atoms with van der Waals surface area (Å²) in [6.45, 7) is 5.26. The summed E-state index contributed by atoms with van der Waals surface area (Å²) in [5, 5.41) is 5.63. The summed E-state index contributed by atoms with van der Waals surface area (Å²) in [7, 11) is -6.68. The zero-order chi connectivity index (χ0) is 24.6. The molecule has 2 N–H and O–H groups in total. The van der Waals surface area contributed by atoms with E-state index < -0.39 is 19.7 Å². The second-order valence-electron chi connectivity index (χ2n) is 7.52. The van der Waals surface area contributed by atoms with Crippen LogP contribution in [0.3, 0.4) is 0 Å². The fourth-order valence-corrected chi connectivity index (χ4v) is 4.89. The number of hydrogen-bond acceptors (Lipinski definition) is 6. The molecule has 2 rings (SSSR count). The fourth-order valence-electron chi connectivity index (χ4n) is 3.12. The highest BCUT2D eigenvalue weighted by atomic mass is 32.2. The predicted molar refractivity (Wildman–Crippen MR) is 127 cm³/mol. The van der Waals surface area contributed by atoms with Crippen LogP contribution in [0.4, 0.5) is 0 Å². The molecule has 0 bridgehead atoms. The number of sulfone groups is 2. The van der Waals surface area contributed by atoms with E-state index in [9.17, 15) is 26.4 Å². The molecule has 1 unspecified atom stereocenters. The molecule has 0 spiro atoms. The molecule has 0 aliphatic carbocycles. The molecule has 2 amide bonds. The molecule has 1 atom stereocenters. The molecule has 0 radical (unpaired) electrons. The third kappa shape index (κ3) is 7.13. The van der Waals surface area contributed by atoms with Crippen molar-refractivity contribution in [2.75, 3.05) is 18.1 Å². The molecule has 8 nitrogen and oxygen atoms in total. The van der Waals surface area contributed by atoms with Gasteiger partial charge in [0.2, 0.25) is 0 Å². The quantitative estimate of drug-likeness (QED) is 0.494. The van der Waals surface area contributed by atoms with Crippen LogP contribution in [-0.4, -0.2) is 52.7 Å². The van der Waals surface area contributed by atoms with Gasteiger partial charge in [-0.25, -0.2) is 16.8 Å². The van der Waals surface area contributed by atoms with Crippen LogP contribution in [0.2, 0.25) is 0 Å². The molecular weight excluding hydrogens is 464 g/mol. The Kier molecular flexibility index (Phi) is 9.18. The van der Waals surface area contributed by atoms with Crippen LogP contribution in [0.5, 0.6) is 0 Å². The number of benzene rings is 2. The standard InChI is InChI=1S/C23H30N2O6S2/c1-4-7-19(25-23(27)18-10-14-21(15-11-18)33(30,31)6-3)16-24-22(26)17-8-12-20(13-9-17)32(28,29)5-2/h8-15,19H,4-7,16H2,1-3H3,(H,24,26)(H,25,27). The molecule has 0 aromatic heterocycles. The Morgan fingerprint density at radius 3 is 1.55 bits per heavy atom. The lowest BCUT2D eigenvalue weighted by molar-refractivity contribution is 0.0906. The number of amides is 2. The topological polar surface area (TPSA) is 126 Å². The van der Waals surface area contributed by atoms with Crippen LogP contribution in [0.1, 0.15) is 54.3 Å². The highest BCUT2D eigenvalue weighted by Crippen LogP contribution is 2.14. The van der Waals surface area contributed by atoms with Crippen LogP contribution >= 0.6 is 0 Å². The number of hydrogen-bond donors (Lipinski definition) is 2. The fraction of sp³-hybridized carbons (Fsp3) is 0.391. The molecule has 0 heterocycles. The highest BCUT2D eigenvalue weighted by Gasteiger charge is 2.17. The van der Waals surface area contributed by atoms with Gasteiger partial charge < -0.3 is 10.6 Å². The molecule has 0 aliphatic rings. The van der Waals surface area contributed by atoms with Crippen LogP contribution < -0.4 is 10.6 Å². The van der Waals surface area contributed by atoms with Crippen molar-refractivity contribution in [3.63, 3.8) is 0 Å². The van der Waals surface area contributed by atoms with Gasteiger partial charge in [-0.05, 0) is 55.0 Å². The number of carbonyl (C=O) groups excluding carboxylic acids is 2. The minimum atomic E-state index is -3.34. The zero-order valence-electron chi connectivity index (χ0n) is 19.0. The first-order valence-electron chi connectivity index (χ1n) is 10.8. The summed E-state index contributed by atoms with van der Waals surface area (Å²) in [6, 6.07) is 11.1. The largest absolute Gasteiger partial charge is 0.350 e. The zero-order valence-corrected chi connectivity index (χ0v) is 20.6. The normalized spacial score (nSPS) is 12.7. The molecule has 0 saturated carbocycles. The second kappa shape index (κ2) is 11.4. The molecule has 10 heteroatoms. The Hall–Kier alpha value is -2.72. The van der Waals surface area contributed by atoms with Crippen molar-refractivity contribution in [1.29, 1.82) is 0 Å². The van der Waals surface area contributed by atoms with Gasteiger partial charge in [0.25, 0.3) is 11.8 Å². The first kappa shape index (κ1) is 26.5. The van der Waals surface area contributed by atoms with Crippen molar-refractivity contribution in [3.8, 4) is 0 Å². The minimum absolute atomic E-state index is 0.0198. The number of carbonyl (C=O) groups is 2. The van der Waals surface area contributed by atoms with E-state index in [-0.39, 0.29) is 45.7 Å². The first-order valence-corrected chi connectivity index (χ1v) is 14.1. The number of nitrogens with one attached hydrogen (secondary N) is 2. The molecule has 0 saturated heterocycles. The summed E-state index contributed by atoms with van der Waals surface area (Å²) >= 11 is 0. The Morgan fingerprint density at radius 2 is 1.15 bits per heavy atom. The van der Waals surface area contributed by atoms with Crippen molar-refractivity contribution in [2.45, 2.75) is 49.4 Å². The average molecular weight is 495 g/mol. The molecule has 2 aromatic rings. The lowest BCUT2D eigenvalue weighted by atomic mass is 10.1. The predicted octanol–water partition coefficient (Wildman–Crippen LogP) is 2.60. The van der Waals surface area contributed by atoms with E-state index in [2.05, 4.69) is 10.6 Å². The smallest absolute Gasteiger partial charge is 0.251 e. The third-order valence-electron chi connectivity index (χ3n) is 5.19. The Bertz CT molecular complexity index is 1170. The van der Waals surface area contributed by atoms with Gasteiger partial charge in [0.15, 0.2) is 19.7 Å². The minimum Gasteiger partial charge on any atom is -0.350 e. The summed E-state index contributed by atoms with van der Waals surface area (Å²) < 4.78 is 47.6. The third-order valence-corrected chi connectivity index (χ3v) is 8.69. The molecule has 0 fully saturated rings. The van der Waals surface area contributed by atoms with Crippen molar-refractivity contribution in [1.82, 2.24) is 10.6 Å². The number of rotatable bonds is 11. The molecule has 180 valence electrons. The molecule has 2 aromatic carbocycles. The first-order chi connectivity index (χ1) is 15.5. The highest BCUT2D eigenvalue weighted by molar-refractivity contribution is 7.91. The van der Waals surface area contributed by atoms with E-state index in [4.69, 9.17) is 0 Å².